The molecule has 0 spiro atoms. The van der Waals surface area contributed by atoms with Gasteiger partial charge in [0.2, 0.25) is 0 Å². The van der Waals surface area contributed by atoms with E-state index in [2.05, 4.69) is 30.1 Å². The molecule has 10 atom stereocenters. The van der Waals surface area contributed by atoms with Gasteiger partial charge in [0.05, 0.1) is 25.4 Å². The van der Waals surface area contributed by atoms with Crippen molar-refractivity contribution in [3.63, 3.8) is 0 Å². The maximum atomic E-state index is 12.9. The van der Waals surface area contributed by atoms with Gasteiger partial charge < -0.3 is 50.2 Å². The minimum atomic E-state index is -5.48. The fourth-order valence-corrected chi connectivity index (χ4v) is 10.1. The summed E-state index contributed by atoms with van der Waals surface area (Å²) in [5, 5.41) is 41.3. The number of nitrogens with two attached hydrogens (primary N) is 1. The topological polar surface area (TPSA) is 306 Å². The van der Waals surface area contributed by atoms with Crippen LogP contribution in [0, 0.1) is 5.92 Å². The maximum absolute atomic E-state index is 12.9. The normalized spacial score (nSPS) is 20.4. The minimum Gasteiger partial charge on any atom is -0.462 e. The van der Waals surface area contributed by atoms with Crippen molar-refractivity contribution in [1.82, 2.24) is 9.55 Å². The highest BCUT2D eigenvalue weighted by Crippen LogP contribution is 2.60. The summed E-state index contributed by atoms with van der Waals surface area (Å²) in [7, 11) is -11.0. The van der Waals surface area contributed by atoms with E-state index in [0.29, 0.717) is 12.8 Å². The number of carbonyl (C=O) groups excluding carboxylic acids is 2. The number of carbonyl (C=O) groups is 2. The molecule has 1 aromatic rings. The minimum absolute atomic E-state index is 0.0788. The van der Waals surface area contributed by atoms with Crippen LogP contribution < -0.4 is 11.4 Å². The molecule has 2 rings (SSSR count). The summed E-state index contributed by atoms with van der Waals surface area (Å²) in [5.41, 5.74) is 4.57. The molecule has 0 bridgehead atoms. The molecular formula is C53H91N3O17P2. The Morgan fingerprint density at radius 2 is 1.27 bits per heavy atom. The number of esters is 2. The average molecular weight is 1100 g/mol. The molecule has 2 heterocycles. The number of hydrogen-bond donors (Lipinski definition) is 7. The molecule has 0 aliphatic carbocycles. The number of nitrogen functional groups attached to an aromatic ring is 1. The maximum Gasteiger partial charge on any atom is 0.481 e. The third-order valence-corrected chi connectivity index (χ3v) is 15.3. The molecule has 0 saturated carbocycles. The van der Waals surface area contributed by atoms with Crippen LogP contribution in [0.5, 0.6) is 0 Å². The summed E-state index contributed by atoms with van der Waals surface area (Å²) in [5.74, 6) is -0.697. The Morgan fingerprint density at radius 1 is 0.733 bits per heavy atom. The van der Waals surface area contributed by atoms with Gasteiger partial charge in [-0.1, -0.05) is 185 Å². The second kappa shape index (κ2) is 39.9. The number of aromatic nitrogens is 2. The van der Waals surface area contributed by atoms with Crippen LogP contribution in [0.25, 0.3) is 0 Å². The van der Waals surface area contributed by atoms with E-state index in [9.17, 15) is 53.7 Å². The van der Waals surface area contributed by atoms with Gasteiger partial charge in [-0.25, -0.2) is 13.9 Å². The lowest BCUT2D eigenvalue weighted by molar-refractivity contribution is -0.161. The zero-order valence-electron chi connectivity index (χ0n) is 44.7. The summed E-state index contributed by atoms with van der Waals surface area (Å²) in [6, 6.07) is 1.23. The Balaban J connectivity index is 1.84. The Labute approximate surface area is 445 Å². The summed E-state index contributed by atoms with van der Waals surface area (Å²) < 4.78 is 56.7. The van der Waals surface area contributed by atoms with Gasteiger partial charge in [-0.15, -0.1) is 0 Å². The summed E-state index contributed by atoms with van der Waals surface area (Å²) in [6.07, 6.45) is 29.6. The van der Waals surface area contributed by atoms with Gasteiger partial charge in [0, 0.05) is 19.0 Å². The van der Waals surface area contributed by atoms with Crippen molar-refractivity contribution in [3.05, 3.63) is 71.4 Å². The number of phosphoric acid groups is 2. The Hall–Kier alpha value is -3.36. The molecule has 0 aromatic carbocycles. The number of hydrogen-bond acceptors (Lipinski definition) is 17. The second-order valence-electron chi connectivity index (χ2n) is 19.4. The number of anilines is 1. The Morgan fingerprint density at radius 3 is 1.84 bits per heavy atom. The fraction of sp³-hybridized carbons (Fsp3) is 0.736. The van der Waals surface area contributed by atoms with Crippen molar-refractivity contribution in [2.75, 3.05) is 25.6 Å². The third kappa shape index (κ3) is 32.9. The highest BCUT2D eigenvalue weighted by molar-refractivity contribution is 7.61. The smallest absolute Gasteiger partial charge is 0.462 e. The SMILES string of the molecule is CCCCC[C@@H](O)/C=C/C=C\C/C=C\C=C\[C@@H](O)CCCC(=O)O[C@H](COC(=O)CCCCCCCCCCCCCCCCC(C)CC)COP(=O)(O)OP(=O)(O)OC[C@H]1O[C@@H](n2ccc(N)nc2=O)[C@H](O)[C@@H]1O. The number of nitrogens with zero attached hydrogens (tertiary/aromatic N) is 2. The van der Waals surface area contributed by atoms with Crippen LogP contribution in [0.1, 0.15) is 188 Å². The molecule has 1 saturated heterocycles. The number of aliphatic hydroxyl groups is 4. The molecule has 8 N–H and O–H groups in total. The van der Waals surface area contributed by atoms with E-state index in [1.54, 1.807) is 24.3 Å². The largest absolute Gasteiger partial charge is 0.481 e. The van der Waals surface area contributed by atoms with Gasteiger partial charge in [0.15, 0.2) is 12.3 Å². The molecule has 0 radical (unpaired) electrons. The van der Waals surface area contributed by atoms with Crippen LogP contribution in [0.3, 0.4) is 0 Å². The third-order valence-electron chi connectivity index (χ3n) is 12.7. The van der Waals surface area contributed by atoms with Crippen molar-refractivity contribution < 1.29 is 76.5 Å². The summed E-state index contributed by atoms with van der Waals surface area (Å²) >= 11 is 0. The zero-order valence-corrected chi connectivity index (χ0v) is 46.5. The number of aliphatic hydroxyl groups excluding tert-OH is 4. The standard InChI is InChI=1S/C53H91N3O17P2/c1-4-6-24-31-43(57)32-26-21-17-15-18-22-27-33-44(58)34-29-36-49(60)71-45(39-68-48(59)35-28-23-19-14-12-10-8-7-9-11-13-16-20-25-30-42(3)5-2)40-69-74(64,65)73-75(66,67)70-41-46-50(61)51(62)52(72-46)56-38-37-47(54)55-53(56)63/h17-18,21-22,26-27,32-33,37-38,42-46,50-52,57-58,61-62H,4-16,19-20,23-25,28-31,34-36,39-41H2,1-3H3,(H,64,65)(H,66,67)(H2,54,55,63)/b21-17-,22-18-,32-26+,33-27+/t42?,43-,44-,45-,46-,50-,51-,52-/m1/s1. The number of phosphoric ester groups is 2. The average Bonchev–Trinajstić information content (AvgIpc) is 3.64. The van der Waals surface area contributed by atoms with Crippen LogP contribution in [0.2, 0.25) is 0 Å². The van der Waals surface area contributed by atoms with Crippen molar-refractivity contribution in [1.29, 1.82) is 0 Å². The lowest BCUT2D eigenvalue weighted by atomic mass is 9.99. The predicted octanol–water partition coefficient (Wildman–Crippen LogP) is 9.53. The van der Waals surface area contributed by atoms with Crippen molar-refractivity contribution in [2.24, 2.45) is 5.92 Å². The number of unbranched alkanes of at least 4 members (excludes halogenated alkanes) is 15. The molecule has 1 aliphatic rings. The van der Waals surface area contributed by atoms with Crippen molar-refractivity contribution in [3.8, 4) is 0 Å². The van der Waals surface area contributed by atoms with Crippen LogP contribution in [0.15, 0.2) is 65.7 Å². The molecule has 1 fully saturated rings. The number of ether oxygens (including phenoxy) is 3. The first-order valence-corrected chi connectivity index (χ1v) is 30.3. The Bertz CT molecular complexity index is 2000. The zero-order chi connectivity index (χ0) is 55.3. The van der Waals surface area contributed by atoms with Crippen LogP contribution in [-0.2, 0) is 46.3 Å². The van der Waals surface area contributed by atoms with Crippen LogP contribution in [-0.4, -0.2) is 108 Å². The van der Waals surface area contributed by atoms with Gasteiger partial charge in [-0.05, 0) is 44.1 Å². The number of allylic oxidation sites excluding steroid dienone is 6. The lowest BCUT2D eigenvalue weighted by Gasteiger charge is -2.21. The van der Waals surface area contributed by atoms with E-state index in [-0.39, 0.29) is 31.5 Å². The second-order valence-corrected chi connectivity index (χ2v) is 22.4. The Kier molecular flexibility index (Phi) is 36.1. The first-order valence-electron chi connectivity index (χ1n) is 27.3. The molecular weight excluding hydrogens is 1010 g/mol. The van der Waals surface area contributed by atoms with E-state index >= 15 is 0 Å². The van der Waals surface area contributed by atoms with Crippen LogP contribution >= 0.6 is 15.6 Å². The van der Waals surface area contributed by atoms with Crippen LogP contribution in [0.4, 0.5) is 5.82 Å². The summed E-state index contributed by atoms with van der Waals surface area (Å²) in [6.45, 7) is 4.20. The molecule has 1 aromatic heterocycles. The predicted molar refractivity (Wildman–Crippen MR) is 287 cm³/mol. The van der Waals surface area contributed by atoms with Crippen molar-refractivity contribution in [2.45, 2.75) is 224 Å². The van der Waals surface area contributed by atoms with Gasteiger partial charge in [-0.2, -0.15) is 9.29 Å². The molecule has 430 valence electrons. The first kappa shape index (κ1) is 67.7. The van der Waals surface area contributed by atoms with E-state index in [1.807, 2.05) is 24.3 Å². The molecule has 22 heteroatoms. The van der Waals surface area contributed by atoms with Gasteiger partial charge in [-0.3, -0.25) is 23.2 Å². The lowest BCUT2D eigenvalue weighted by Crippen LogP contribution is -2.36. The van der Waals surface area contributed by atoms with Gasteiger partial charge in [0.25, 0.3) is 0 Å². The van der Waals surface area contributed by atoms with E-state index in [4.69, 9.17) is 29.0 Å². The quantitative estimate of drug-likeness (QED) is 0.0138. The van der Waals surface area contributed by atoms with E-state index < -0.39 is 95.9 Å². The first-order chi connectivity index (χ1) is 35.9. The highest BCUT2D eigenvalue weighted by atomic mass is 31.3. The summed E-state index contributed by atoms with van der Waals surface area (Å²) in [4.78, 5) is 62.0. The molecule has 0 amide bonds. The van der Waals surface area contributed by atoms with E-state index in [1.165, 1.54) is 76.7 Å². The molecule has 3 unspecified atom stereocenters. The van der Waals surface area contributed by atoms with Gasteiger partial charge >= 0.3 is 33.3 Å². The monoisotopic (exact) mass is 1100 g/mol. The molecule has 20 nitrogen and oxygen atoms in total. The highest BCUT2D eigenvalue weighted by Gasteiger charge is 2.46. The van der Waals surface area contributed by atoms with Crippen molar-refractivity contribution >= 4 is 33.4 Å². The van der Waals surface area contributed by atoms with E-state index in [0.717, 1.165) is 68.0 Å². The molecule has 75 heavy (non-hydrogen) atoms. The number of rotatable bonds is 44. The molecule has 1 aliphatic heterocycles. The van der Waals surface area contributed by atoms with Gasteiger partial charge in [0.1, 0.15) is 30.7 Å². The fourth-order valence-electron chi connectivity index (χ4n) is 7.97.